The van der Waals surface area contributed by atoms with Crippen molar-refractivity contribution >= 4 is 5.57 Å². The molecule has 92 valence electrons. The lowest BCUT2D eigenvalue weighted by molar-refractivity contribution is 0.272. The lowest BCUT2D eigenvalue weighted by Crippen LogP contribution is -2.26. The zero-order valence-corrected chi connectivity index (χ0v) is 11.4. The Morgan fingerprint density at radius 1 is 1.00 bits per heavy atom. The Hall–Kier alpha value is -1.56. The van der Waals surface area contributed by atoms with E-state index in [0.29, 0.717) is 11.8 Å². The van der Waals surface area contributed by atoms with Crippen molar-refractivity contribution in [3.05, 3.63) is 65.8 Å². The van der Waals surface area contributed by atoms with E-state index >= 15 is 0 Å². The third kappa shape index (κ3) is 1.59. The van der Waals surface area contributed by atoms with Gasteiger partial charge in [-0.15, -0.1) is 0 Å². The second kappa shape index (κ2) is 3.98. The van der Waals surface area contributed by atoms with Crippen LogP contribution in [0.25, 0.3) is 5.57 Å². The van der Waals surface area contributed by atoms with Crippen molar-refractivity contribution in [3.63, 3.8) is 0 Å². The smallest absolute Gasteiger partial charge is 0.00897 e. The number of rotatable bonds is 2. The molecule has 0 radical (unpaired) electrons. The number of allylic oxidation sites excluding steroid dienone is 6. The summed E-state index contributed by atoms with van der Waals surface area (Å²) in [5.41, 5.74) is 4.59. The molecule has 0 saturated carbocycles. The summed E-state index contributed by atoms with van der Waals surface area (Å²) >= 11 is 0. The largest absolute Gasteiger partial charge is 0.0771 e. The molecule has 0 nitrogen and oxygen atoms in total. The molecule has 0 spiro atoms. The van der Waals surface area contributed by atoms with Gasteiger partial charge in [-0.2, -0.15) is 0 Å². The Balaban J connectivity index is 2.04. The molecule has 2 aliphatic carbocycles. The Morgan fingerprint density at radius 2 is 1.67 bits per heavy atom. The van der Waals surface area contributed by atoms with Gasteiger partial charge in [0.15, 0.2) is 0 Å². The highest BCUT2D eigenvalue weighted by molar-refractivity contribution is 5.73. The van der Waals surface area contributed by atoms with Crippen LogP contribution in [0.4, 0.5) is 0 Å². The van der Waals surface area contributed by atoms with Gasteiger partial charge in [0.05, 0.1) is 0 Å². The van der Waals surface area contributed by atoms with Crippen LogP contribution >= 0.6 is 0 Å². The normalized spacial score (nSPS) is 22.4. The SMILES string of the molecule is CC1=CC(C(C)(C)C2C=CC=C2)c2ccccc21. The average Bonchev–Trinajstić information content (AvgIpc) is 2.98. The van der Waals surface area contributed by atoms with Crippen molar-refractivity contribution in [2.24, 2.45) is 11.3 Å². The van der Waals surface area contributed by atoms with Crippen LogP contribution in [0.15, 0.2) is 54.6 Å². The van der Waals surface area contributed by atoms with Gasteiger partial charge in [-0.25, -0.2) is 0 Å². The molecule has 0 bridgehead atoms. The third-order valence-corrected chi connectivity index (χ3v) is 4.55. The van der Waals surface area contributed by atoms with Gasteiger partial charge < -0.3 is 0 Å². The lowest BCUT2D eigenvalue weighted by Gasteiger charge is -2.35. The second-order valence-electron chi connectivity index (χ2n) is 6.03. The van der Waals surface area contributed by atoms with Crippen LogP contribution in [0, 0.1) is 11.3 Å². The summed E-state index contributed by atoms with van der Waals surface area (Å²) in [7, 11) is 0. The maximum Gasteiger partial charge on any atom is 0.00897 e. The monoisotopic (exact) mass is 236 g/mol. The zero-order valence-electron chi connectivity index (χ0n) is 11.4. The van der Waals surface area contributed by atoms with E-state index in [2.05, 4.69) is 75.4 Å². The van der Waals surface area contributed by atoms with Gasteiger partial charge in [0, 0.05) is 11.8 Å². The van der Waals surface area contributed by atoms with Crippen LogP contribution in [0.1, 0.15) is 37.8 Å². The molecule has 1 unspecified atom stereocenters. The fourth-order valence-corrected chi connectivity index (χ4v) is 3.31. The minimum atomic E-state index is 0.233. The molecule has 2 aliphatic rings. The Kier molecular flexibility index (Phi) is 2.55. The lowest BCUT2D eigenvalue weighted by atomic mass is 9.68. The van der Waals surface area contributed by atoms with Crippen molar-refractivity contribution in [2.75, 3.05) is 0 Å². The molecule has 1 aromatic carbocycles. The molecule has 0 aliphatic heterocycles. The number of benzene rings is 1. The van der Waals surface area contributed by atoms with Crippen molar-refractivity contribution in [3.8, 4) is 0 Å². The number of fused-ring (bicyclic) bond motifs is 1. The fraction of sp³-hybridized carbons (Fsp3) is 0.333. The quantitative estimate of drug-likeness (QED) is 0.681. The minimum Gasteiger partial charge on any atom is -0.0771 e. The van der Waals surface area contributed by atoms with Crippen molar-refractivity contribution in [2.45, 2.75) is 26.7 Å². The van der Waals surface area contributed by atoms with E-state index in [1.54, 1.807) is 0 Å². The van der Waals surface area contributed by atoms with Crippen LogP contribution in [0.3, 0.4) is 0 Å². The van der Waals surface area contributed by atoms with Crippen molar-refractivity contribution < 1.29 is 0 Å². The summed E-state index contributed by atoms with van der Waals surface area (Å²) in [5.74, 6) is 1.06. The summed E-state index contributed by atoms with van der Waals surface area (Å²) in [6.07, 6.45) is 11.4. The summed E-state index contributed by atoms with van der Waals surface area (Å²) in [4.78, 5) is 0. The van der Waals surface area contributed by atoms with Crippen LogP contribution in [-0.4, -0.2) is 0 Å². The van der Waals surface area contributed by atoms with Crippen LogP contribution in [-0.2, 0) is 0 Å². The number of hydrogen-bond donors (Lipinski definition) is 0. The third-order valence-electron chi connectivity index (χ3n) is 4.55. The van der Waals surface area contributed by atoms with E-state index in [1.165, 1.54) is 16.7 Å². The van der Waals surface area contributed by atoms with Gasteiger partial charge in [0.2, 0.25) is 0 Å². The van der Waals surface area contributed by atoms with Gasteiger partial charge in [-0.05, 0) is 29.0 Å². The van der Waals surface area contributed by atoms with E-state index in [9.17, 15) is 0 Å². The predicted octanol–water partition coefficient (Wildman–Crippen LogP) is 4.96. The molecular formula is C18H20. The molecule has 0 N–H and O–H groups in total. The summed E-state index contributed by atoms with van der Waals surface area (Å²) in [5, 5.41) is 0. The van der Waals surface area contributed by atoms with E-state index < -0.39 is 0 Å². The first-order chi connectivity index (χ1) is 8.60. The zero-order chi connectivity index (χ0) is 12.8. The highest BCUT2D eigenvalue weighted by Gasteiger charge is 2.38. The molecule has 0 heteroatoms. The highest BCUT2D eigenvalue weighted by atomic mass is 14.4. The standard InChI is InChI=1S/C18H20/c1-13-12-17(16-11-7-6-10-15(13)16)18(2,3)14-8-4-5-9-14/h4-12,14,17H,1-3H3. The van der Waals surface area contributed by atoms with E-state index in [1.807, 2.05) is 0 Å². The molecule has 0 heterocycles. The van der Waals surface area contributed by atoms with Gasteiger partial charge >= 0.3 is 0 Å². The molecule has 0 saturated heterocycles. The molecule has 0 fully saturated rings. The van der Waals surface area contributed by atoms with Gasteiger partial charge in [-0.1, -0.05) is 68.5 Å². The first kappa shape index (κ1) is 11.5. The van der Waals surface area contributed by atoms with Crippen LogP contribution in [0.2, 0.25) is 0 Å². The van der Waals surface area contributed by atoms with E-state index in [0.717, 1.165) is 0 Å². The van der Waals surface area contributed by atoms with Gasteiger partial charge in [0.25, 0.3) is 0 Å². The Bertz CT molecular complexity index is 543. The molecule has 0 aromatic heterocycles. The maximum absolute atomic E-state index is 2.45. The molecular weight excluding hydrogens is 216 g/mol. The van der Waals surface area contributed by atoms with E-state index in [4.69, 9.17) is 0 Å². The molecule has 0 amide bonds. The Labute approximate surface area is 110 Å². The van der Waals surface area contributed by atoms with Gasteiger partial charge in [0.1, 0.15) is 0 Å². The first-order valence-electron chi connectivity index (χ1n) is 6.73. The predicted molar refractivity (Wildman–Crippen MR) is 78.4 cm³/mol. The fourth-order valence-electron chi connectivity index (χ4n) is 3.31. The topological polar surface area (TPSA) is 0 Å². The van der Waals surface area contributed by atoms with Crippen LogP contribution in [0.5, 0.6) is 0 Å². The molecule has 18 heavy (non-hydrogen) atoms. The second-order valence-corrected chi connectivity index (χ2v) is 6.03. The van der Waals surface area contributed by atoms with E-state index in [-0.39, 0.29) is 5.41 Å². The Morgan fingerprint density at radius 3 is 2.39 bits per heavy atom. The summed E-state index contributed by atoms with van der Waals surface area (Å²) < 4.78 is 0. The first-order valence-corrected chi connectivity index (χ1v) is 6.73. The molecule has 3 rings (SSSR count). The van der Waals surface area contributed by atoms with Crippen molar-refractivity contribution in [1.82, 2.24) is 0 Å². The summed E-state index contributed by atoms with van der Waals surface area (Å²) in [6.45, 7) is 7.00. The molecule has 1 atom stereocenters. The summed E-state index contributed by atoms with van der Waals surface area (Å²) in [6, 6.07) is 8.84. The van der Waals surface area contributed by atoms with Crippen molar-refractivity contribution in [1.29, 1.82) is 0 Å². The molecule has 1 aromatic rings. The highest BCUT2D eigenvalue weighted by Crippen LogP contribution is 2.50. The van der Waals surface area contributed by atoms with Gasteiger partial charge in [-0.3, -0.25) is 0 Å². The minimum absolute atomic E-state index is 0.233. The van der Waals surface area contributed by atoms with Crippen LogP contribution < -0.4 is 0 Å². The average molecular weight is 236 g/mol. The number of hydrogen-bond acceptors (Lipinski definition) is 0. The maximum atomic E-state index is 2.45.